The van der Waals surface area contributed by atoms with Crippen molar-refractivity contribution >= 4 is 11.3 Å². The van der Waals surface area contributed by atoms with Crippen molar-refractivity contribution in [1.82, 2.24) is 9.88 Å². The fraction of sp³-hybridized carbons (Fsp3) is 0.786. The summed E-state index contributed by atoms with van der Waals surface area (Å²) in [6, 6.07) is 0.323. The molecule has 18 heavy (non-hydrogen) atoms. The molecular formula is C14H25N3S. The lowest BCUT2D eigenvalue weighted by Gasteiger charge is -2.43. The van der Waals surface area contributed by atoms with E-state index in [0.717, 1.165) is 13.1 Å². The van der Waals surface area contributed by atoms with Crippen LogP contribution in [0.1, 0.15) is 38.8 Å². The van der Waals surface area contributed by atoms with Crippen LogP contribution in [0.25, 0.3) is 0 Å². The van der Waals surface area contributed by atoms with Crippen molar-refractivity contribution in [2.75, 3.05) is 13.6 Å². The highest BCUT2D eigenvalue weighted by Gasteiger charge is 2.36. The predicted octanol–water partition coefficient (Wildman–Crippen LogP) is 2.73. The lowest BCUT2D eigenvalue weighted by atomic mass is 9.68. The summed E-state index contributed by atoms with van der Waals surface area (Å²) in [7, 11) is 2.17. The molecular weight excluding hydrogens is 242 g/mol. The van der Waals surface area contributed by atoms with Crippen LogP contribution in [0.3, 0.4) is 0 Å². The molecule has 0 aromatic carbocycles. The first-order chi connectivity index (χ1) is 8.49. The third kappa shape index (κ3) is 3.31. The molecule has 4 heteroatoms. The Morgan fingerprint density at radius 3 is 3.00 bits per heavy atom. The van der Waals surface area contributed by atoms with Gasteiger partial charge in [0, 0.05) is 24.5 Å². The van der Waals surface area contributed by atoms with Crippen LogP contribution in [0.4, 0.5) is 0 Å². The molecule has 3 nitrogen and oxygen atoms in total. The molecule has 0 amide bonds. The zero-order valence-corrected chi connectivity index (χ0v) is 12.5. The Balaban J connectivity index is 1.88. The van der Waals surface area contributed by atoms with Crippen LogP contribution in [-0.2, 0) is 6.54 Å². The maximum absolute atomic E-state index is 6.44. The standard InChI is InChI=1S/C14H25N3S/c1-14(2)6-4-5-11(13(14)15)7-17(3)8-12-9-18-10-16-12/h9-11,13H,4-8,15H2,1-3H3. The van der Waals surface area contributed by atoms with Crippen molar-refractivity contribution in [3.63, 3.8) is 0 Å². The third-order valence-corrected chi connectivity index (χ3v) is 4.90. The van der Waals surface area contributed by atoms with E-state index in [0.29, 0.717) is 17.4 Å². The number of hydrogen-bond acceptors (Lipinski definition) is 4. The van der Waals surface area contributed by atoms with E-state index in [-0.39, 0.29) is 0 Å². The first kappa shape index (κ1) is 14.0. The van der Waals surface area contributed by atoms with Crippen molar-refractivity contribution in [2.45, 2.75) is 45.7 Å². The van der Waals surface area contributed by atoms with Crippen LogP contribution in [0, 0.1) is 11.3 Å². The summed E-state index contributed by atoms with van der Waals surface area (Å²) in [5.74, 6) is 0.623. The van der Waals surface area contributed by atoms with Gasteiger partial charge in [0.15, 0.2) is 0 Å². The van der Waals surface area contributed by atoms with Crippen LogP contribution in [0.15, 0.2) is 10.9 Å². The van der Waals surface area contributed by atoms with Gasteiger partial charge in [-0.25, -0.2) is 4.98 Å². The Morgan fingerprint density at radius 1 is 1.56 bits per heavy atom. The molecule has 2 N–H and O–H groups in total. The SMILES string of the molecule is CN(Cc1cscn1)CC1CCCC(C)(C)C1N. The van der Waals surface area contributed by atoms with Gasteiger partial charge in [0.25, 0.3) is 0 Å². The van der Waals surface area contributed by atoms with Gasteiger partial charge in [-0.05, 0) is 31.2 Å². The summed E-state index contributed by atoms with van der Waals surface area (Å²) in [5.41, 5.74) is 9.81. The first-order valence-electron chi connectivity index (χ1n) is 6.80. The van der Waals surface area contributed by atoms with Crippen LogP contribution in [0.5, 0.6) is 0 Å². The molecule has 1 heterocycles. The molecule has 0 bridgehead atoms. The van der Waals surface area contributed by atoms with Gasteiger partial charge in [0.1, 0.15) is 0 Å². The predicted molar refractivity (Wildman–Crippen MR) is 77.5 cm³/mol. The van der Waals surface area contributed by atoms with Gasteiger partial charge < -0.3 is 10.6 Å². The lowest BCUT2D eigenvalue weighted by molar-refractivity contribution is 0.108. The minimum absolute atomic E-state index is 0.296. The van der Waals surface area contributed by atoms with Gasteiger partial charge in [-0.1, -0.05) is 20.3 Å². The third-order valence-electron chi connectivity index (χ3n) is 4.27. The van der Waals surface area contributed by atoms with E-state index >= 15 is 0 Å². The number of nitrogens with zero attached hydrogens (tertiary/aromatic N) is 2. The second-order valence-electron chi connectivity index (χ2n) is 6.34. The topological polar surface area (TPSA) is 42.2 Å². The summed E-state index contributed by atoms with van der Waals surface area (Å²) in [6.07, 6.45) is 3.85. The fourth-order valence-corrected chi connectivity index (χ4v) is 3.62. The minimum Gasteiger partial charge on any atom is -0.327 e. The zero-order chi connectivity index (χ0) is 13.2. The van der Waals surface area contributed by atoms with E-state index < -0.39 is 0 Å². The average molecular weight is 267 g/mol. The van der Waals surface area contributed by atoms with E-state index in [1.807, 2.05) is 5.51 Å². The van der Waals surface area contributed by atoms with Crippen molar-refractivity contribution in [3.05, 3.63) is 16.6 Å². The number of aromatic nitrogens is 1. The smallest absolute Gasteiger partial charge is 0.0795 e. The highest BCUT2D eigenvalue weighted by molar-refractivity contribution is 7.07. The van der Waals surface area contributed by atoms with Crippen LogP contribution in [-0.4, -0.2) is 29.5 Å². The maximum atomic E-state index is 6.44. The number of thiazole rings is 1. The molecule has 1 aliphatic rings. The number of rotatable bonds is 4. The quantitative estimate of drug-likeness (QED) is 0.912. The molecule has 0 spiro atoms. The first-order valence-corrected chi connectivity index (χ1v) is 7.74. The average Bonchev–Trinajstić information content (AvgIpc) is 2.77. The van der Waals surface area contributed by atoms with Gasteiger partial charge in [-0.15, -0.1) is 11.3 Å². The van der Waals surface area contributed by atoms with Gasteiger partial charge >= 0.3 is 0 Å². The molecule has 1 saturated carbocycles. The fourth-order valence-electron chi connectivity index (χ4n) is 3.07. The summed E-state index contributed by atoms with van der Waals surface area (Å²) in [5, 5.41) is 2.13. The summed E-state index contributed by atoms with van der Waals surface area (Å²) >= 11 is 1.67. The minimum atomic E-state index is 0.296. The molecule has 1 aromatic heterocycles. The molecule has 1 fully saturated rings. The Bertz CT molecular complexity index is 361. The molecule has 2 rings (SSSR count). The lowest BCUT2D eigenvalue weighted by Crippen LogP contribution is -2.49. The molecule has 0 radical (unpaired) electrons. The van der Waals surface area contributed by atoms with Crippen LogP contribution >= 0.6 is 11.3 Å². The van der Waals surface area contributed by atoms with Gasteiger partial charge in [-0.2, -0.15) is 0 Å². The van der Waals surface area contributed by atoms with Gasteiger partial charge in [0.2, 0.25) is 0 Å². The Kier molecular flexibility index (Phi) is 4.41. The Hall–Kier alpha value is -0.450. The molecule has 0 saturated heterocycles. The highest BCUT2D eigenvalue weighted by Crippen LogP contribution is 2.37. The number of hydrogen-bond donors (Lipinski definition) is 1. The van der Waals surface area contributed by atoms with E-state index in [1.54, 1.807) is 11.3 Å². The van der Waals surface area contributed by atoms with E-state index in [2.05, 4.69) is 36.2 Å². The normalized spacial score (nSPS) is 27.6. The number of nitrogens with two attached hydrogens (primary N) is 1. The van der Waals surface area contributed by atoms with E-state index in [4.69, 9.17) is 5.73 Å². The molecule has 1 aliphatic carbocycles. The molecule has 2 unspecified atom stereocenters. The monoisotopic (exact) mass is 267 g/mol. The van der Waals surface area contributed by atoms with Crippen LogP contribution in [0.2, 0.25) is 0 Å². The molecule has 1 aromatic rings. The summed E-state index contributed by atoms with van der Waals surface area (Å²) in [6.45, 7) is 6.64. The Labute approximate surface area is 114 Å². The van der Waals surface area contributed by atoms with E-state index in [1.165, 1.54) is 25.0 Å². The van der Waals surface area contributed by atoms with Crippen LogP contribution < -0.4 is 5.73 Å². The van der Waals surface area contributed by atoms with Gasteiger partial charge in [-0.3, -0.25) is 0 Å². The molecule has 0 aliphatic heterocycles. The highest BCUT2D eigenvalue weighted by atomic mass is 32.1. The molecule has 2 atom stereocenters. The summed E-state index contributed by atoms with van der Waals surface area (Å²) in [4.78, 5) is 6.70. The van der Waals surface area contributed by atoms with Crippen molar-refractivity contribution in [1.29, 1.82) is 0 Å². The maximum Gasteiger partial charge on any atom is 0.0795 e. The zero-order valence-electron chi connectivity index (χ0n) is 11.7. The Morgan fingerprint density at radius 2 is 2.33 bits per heavy atom. The summed E-state index contributed by atoms with van der Waals surface area (Å²) < 4.78 is 0. The van der Waals surface area contributed by atoms with E-state index in [9.17, 15) is 0 Å². The molecule has 102 valence electrons. The van der Waals surface area contributed by atoms with Crippen molar-refractivity contribution in [3.8, 4) is 0 Å². The van der Waals surface area contributed by atoms with Gasteiger partial charge in [0.05, 0.1) is 11.2 Å². The van der Waals surface area contributed by atoms with Crippen molar-refractivity contribution < 1.29 is 0 Å². The second-order valence-corrected chi connectivity index (χ2v) is 7.06. The second kappa shape index (κ2) is 5.68. The largest absolute Gasteiger partial charge is 0.327 e. The van der Waals surface area contributed by atoms with Crippen molar-refractivity contribution in [2.24, 2.45) is 17.1 Å².